The maximum Gasteiger partial charge on any atom is 0.244 e. The molecule has 1 aromatic carbocycles. The van der Waals surface area contributed by atoms with Gasteiger partial charge in [-0.1, -0.05) is 43.2 Å². The van der Waals surface area contributed by atoms with Crippen LogP contribution >= 0.6 is 0 Å². The second-order valence-corrected chi connectivity index (χ2v) is 5.44. The Morgan fingerprint density at radius 1 is 1.27 bits per heavy atom. The van der Waals surface area contributed by atoms with Crippen LogP contribution in [0.4, 0.5) is 0 Å². The molecule has 114 valence electrons. The zero-order valence-corrected chi connectivity index (χ0v) is 12.4. The maximum absolute atomic E-state index is 11.9. The van der Waals surface area contributed by atoms with Crippen molar-refractivity contribution >= 4 is 12.0 Å². The van der Waals surface area contributed by atoms with Crippen molar-refractivity contribution in [2.24, 2.45) is 0 Å². The van der Waals surface area contributed by atoms with Gasteiger partial charge in [0.25, 0.3) is 0 Å². The number of hydrogen-bond donors (Lipinski definition) is 1. The molecule has 1 aliphatic rings. The lowest BCUT2D eigenvalue weighted by molar-refractivity contribution is -0.116. The van der Waals surface area contributed by atoms with E-state index >= 15 is 0 Å². The van der Waals surface area contributed by atoms with Crippen LogP contribution in [0.25, 0.3) is 6.08 Å². The first kappa shape index (κ1) is 14.4. The fourth-order valence-electron chi connectivity index (χ4n) is 2.72. The summed E-state index contributed by atoms with van der Waals surface area (Å²) in [6.45, 7) is 0.349. The summed E-state index contributed by atoms with van der Waals surface area (Å²) in [4.78, 5) is 11.9. The third-order valence-electron chi connectivity index (χ3n) is 3.88. The fourth-order valence-corrected chi connectivity index (χ4v) is 2.72. The average molecular weight is 297 g/mol. The van der Waals surface area contributed by atoms with Crippen molar-refractivity contribution in [2.75, 3.05) is 0 Å². The van der Waals surface area contributed by atoms with Crippen molar-refractivity contribution in [1.29, 1.82) is 0 Å². The van der Waals surface area contributed by atoms with Crippen LogP contribution in [-0.4, -0.2) is 26.1 Å². The van der Waals surface area contributed by atoms with Crippen LogP contribution in [0.5, 0.6) is 0 Å². The van der Waals surface area contributed by atoms with Crippen LogP contribution < -0.4 is 5.32 Å². The van der Waals surface area contributed by atoms with Crippen molar-refractivity contribution < 1.29 is 4.79 Å². The molecule has 22 heavy (non-hydrogen) atoms. The van der Waals surface area contributed by atoms with Gasteiger partial charge in [-0.05, 0) is 34.9 Å². The molecule has 1 fully saturated rings. The van der Waals surface area contributed by atoms with Gasteiger partial charge >= 0.3 is 0 Å². The summed E-state index contributed by atoms with van der Waals surface area (Å²) in [5, 5.41) is 14.6. The zero-order chi connectivity index (χ0) is 15.2. The minimum atomic E-state index is -0.148. The van der Waals surface area contributed by atoms with Crippen LogP contribution in [0.15, 0.2) is 36.4 Å². The highest BCUT2D eigenvalue weighted by Crippen LogP contribution is 2.28. The first-order valence-electron chi connectivity index (χ1n) is 7.60. The molecule has 2 aromatic rings. The van der Waals surface area contributed by atoms with E-state index in [1.807, 2.05) is 35.0 Å². The molecule has 1 heterocycles. The fraction of sp³-hybridized carbons (Fsp3) is 0.375. The van der Waals surface area contributed by atoms with Gasteiger partial charge in [-0.2, -0.15) is 0 Å². The highest BCUT2D eigenvalue weighted by atomic mass is 16.1. The first-order chi connectivity index (χ1) is 10.8. The Kier molecular flexibility index (Phi) is 4.58. The monoisotopic (exact) mass is 297 g/mol. The van der Waals surface area contributed by atoms with Crippen molar-refractivity contribution in [1.82, 2.24) is 25.5 Å². The van der Waals surface area contributed by atoms with Gasteiger partial charge < -0.3 is 5.32 Å². The van der Waals surface area contributed by atoms with Crippen molar-refractivity contribution in [3.63, 3.8) is 0 Å². The van der Waals surface area contributed by atoms with Crippen LogP contribution in [-0.2, 0) is 11.3 Å². The van der Waals surface area contributed by atoms with Crippen molar-refractivity contribution in [3.05, 3.63) is 47.8 Å². The van der Waals surface area contributed by atoms with Gasteiger partial charge in [0.05, 0.1) is 12.6 Å². The van der Waals surface area contributed by atoms with E-state index in [1.54, 1.807) is 6.08 Å². The SMILES string of the molecule is O=C(/C=C\c1ccccc1)NCc1nnnn1C1CCCC1. The standard InChI is InChI=1S/C16H19N5O/c22-16(11-10-13-6-2-1-3-7-13)17-12-15-18-19-20-21(15)14-8-4-5-9-14/h1-3,6-7,10-11,14H,4-5,8-9,12H2,(H,17,22)/b11-10-. The quantitative estimate of drug-likeness (QED) is 0.858. The lowest BCUT2D eigenvalue weighted by Crippen LogP contribution is -2.24. The molecule has 0 bridgehead atoms. The van der Waals surface area contributed by atoms with E-state index < -0.39 is 0 Å². The summed E-state index contributed by atoms with van der Waals surface area (Å²) < 4.78 is 1.86. The molecular formula is C16H19N5O. The maximum atomic E-state index is 11.9. The van der Waals surface area contributed by atoms with Gasteiger partial charge in [0.2, 0.25) is 5.91 Å². The summed E-state index contributed by atoms with van der Waals surface area (Å²) in [6.07, 6.45) is 7.97. The molecular weight excluding hydrogens is 278 g/mol. The molecule has 0 spiro atoms. The Hall–Kier alpha value is -2.50. The summed E-state index contributed by atoms with van der Waals surface area (Å²) in [5.41, 5.74) is 0.994. The molecule has 0 unspecified atom stereocenters. The minimum absolute atomic E-state index is 0.148. The Balaban J connectivity index is 1.55. The summed E-state index contributed by atoms with van der Waals surface area (Å²) >= 11 is 0. The molecule has 3 rings (SSSR count). The Labute approximate surface area is 129 Å². The van der Waals surface area contributed by atoms with Crippen molar-refractivity contribution in [3.8, 4) is 0 Å². The zero-order valence-electron chi connectivity index (χ0n) is 12.4. The third-order valence-corrected chi connectivity index (χ3v) is 3.88. The van der Waals surface area contributed by atoms with Crippen molar-refractivity contribution in [2.45, 2.75) is 38.3 Å². The largest absolute Gasteiger partial charge is 0.345 e. The minimum Gasteiger partial charge on any atom is -0.345 e. The highest BCUT2D eigenvalue weighted by Gasteiger charge is 2.21. The Morgan fingerprint density at radius 3 is 2.82 bits per heavy atom. The predicted octanol–water partition coefficient (Wildman–Crippen LogP) is 2.12. The average Bonchev–Trinajstić information content (AvgIpc) is 3.22. The lowest BCUT2D eigenvalue weighted by Gasteiger charge is -2.11. The summed E-state index contributed by atoms with van der Waals surface area (Å²) in [5.74, 6) is 0.568. The number of tetrazole rings is 1. The lowest BCUT2D eigenvalue weighted by atomic mass is 10.2. The topological polar surface area (TPSA) is 72.7 Å². The molecule has 1 aliphatic carbocycles. The van der Waals surface area contributed by atoms with Gasteiger partial charge in [0.15, 0.2) is 5.82 Å². The van der Waals surface area contributed by atoms with Crippen LogP contribution in [0.2, 0.25) is 0 Å². The van der Waals surface area contributed by atoms with E-state index in [1.165, 1.54) is 18.9 Å². The molecule has 1 aromatic heterocycles. The number of nitrogens with zero attached hydrogens (tertiary/aromatic N) is 4. The molecule has 0 radical (unpaired) electrons. The predicted molar refractivity (Wildman–Crippen MR) is 82.6 cm³/mol. The smallest absolute Gasteiger partial charge is 0.244 e. The van der Waals surface area contributed by atoms with E-state index in [-0.39, 0.29) is 5.91 Å². The van der Waals surface area contributed by atoms with E-state index in [4.69, 9.17) is 0 Å². The first-order valence-corrected chi connectivity index (χ1v) is 7.60. The highest BCUT2D eigenvalue weighted by molar-refractivity contribution is 5.91. The normalized spacial score (nSPS) is 15.5. The molecule has 6 heteroatoms. The molecule has 0 aliphatic heterocycles. The summed E-state index contributed by atoms with van der Waals surface area (Å²) in [7, 11) is 0. The van der Waals surface area contributed by atoms with Gasteiger partial charge in [-0.3, -0.25) is 4.79 Å². The molecule has 0 atom stereocenters. The molecule has 0 saturated heterocycles. The second kappa shape index (κ2) is 6.98. The Bertz CT molecular complexity index is 644. The van der Waals surface area contributed by atoms with Crippen LogP contribution in [0.3, 0.4) is 0 Å². The molecule has 1 N–H and O–H groups in total. The van der Waals surface area contributed by atoms with Gasteiger partial charge in [-0.15, -0.1) is 5.10 Å². The number of carbonyl (C=O) groups is 1. The van der Waals surface area contributed by atoms with Crippen LogP contribution in [0.1, 0.15) is 43.1 Å². The number of benzene rings is 1. The number of amides is 1. The van der Waals surface area contributed by atoms with E-state index in [2.05, 4.69) is 20.8 Å². The van der Waals surface area contributed by atoms with E-state index in [9.17, 15) is 4.79 Å². The molecule has 1 saturated carbocycles. The number of nitrogens with one attached hydrogen (secondary N) is 1. The Morgan fingerprint density at radius 2 is 2.05 bits per heavy atom. The van der Waals surface area contributed by atoms with Gasteiger partial charge in [0, 0.05) is 6.08 Å². The second-order valence-electron chi connectivity index (χ2n) is 5.44. The number of hydrogen-bond acceptors (Lipinski definition) is 4. The van der Waals surface area contributed by atoms with E-state index in [0.717, 1.165) is 18.4 Å². The third kappa shape index (κ3) is 3.58. The molecule has 6 nitrogen and oxygen atoms in total. The van der Waals surface area contributed by atoms with E-state index in [0.29, 0.717) is 18.4 Å². The molecule has 1 amide bonds. The van der Waals surface area contributed by atoms with Gasteiger partial charge in [-0.25, -0.2) is 4.68 Å². The van der Waals surface area contributed by atoms with Crippen LogP contribution in [0, 0.1) is 0 Å². The number of rotatable bonds is 5. The summed E-state index contributed by atoms with van der Waals surface area (Å²) in [6, 6.07) is 10.1. The van der Waals surface area contributed by atoms with Gasteiger partial charge in [0.1, 0.15) is 0 Å². The number of aromatic nitrogens is 4. The number of carbonyl (C=O) groups excluding carboxylic acids is 1.